The van der Waals surface area contributed by atoms with Crippen LogP contribution in [0.5, 0.6) is 0 Å². The molecule has 6 heteroatoms. The Labute approximate surface area is 133 Å². The molecule has 0 N–H and O–H groups in total. The Bertz CT molecular complexity index is 588. The van der Waals surface area contributed by atoms with Crippen LogP contribution >= 0.6 is 0 Å². The number of sulfonamides is 1. The number of piperazine rings is 1. The largest absolute Gasteiger partial charge is 0.301 e. The molecule has 1 aliphatic heterocycles. The fourth-order valence-corrected chi connectivity index (χ4v) is 4.16. The van der Waals surface area contributed by atoms with Crippen LogP contribution < -0.4 is 0 Å². The minimum Gasteiger partial charge on any atom is -0.301 e. The zero-order valence-corrected chi connectivity index (χ0v) is 13.6. The third-order valence-electron chi connectivity index (χ3n) is 3.93. The Hall–Kier alpha value is -1.42. The number of hydrogen-bond donors (Lipinski definition) is 0. The summed E-state index contributed by atoms with van der Waals surface area (Å²) in [6, 6.07) is 11.5. The Morgan fingerprint density at radius 3 is 2.36 bits per heavy atom. The Balaban J connectivity index is 1.79. The molecule has 0 unspecified atom stereocenters. The molecule has 2 rings (SSSR count). The van der Waals surface area contributed by atoms with E-state index in [0.717, 1.165) is 38.0 Å². The first kappa shape index (κ1) is 16.9. The molecule has 0 aromatic heterocycles. The number of benzene rings is 1. The molecule has 0 aliphatic carbocycles. The van der Waals surface area contributed by atoms with Gasteiger partial charge in [0.1, 0.15) is 0 Å². The third-order valence-corrected chi connectivity index (χ3v) is 5.78. The highest BCUT2D eigenvalue weighted by Gasteiger charge is 2.26. The molecule has 0 bridgehead atoms. The van der Waals surface area contributed by atoms with Gasteiger partial charge in [-0.05, 0) is 24.9 Å². The minimum absolute atomic E-state index is 0.0794. The first-order chi connectivity index (χ1) is 10.6. The summed E-state index contributed by atoms with van der Waals surface area (Å²) < 4.78 is 26.5. The molecule has 1 aromatic rings. The van der Waals surface area contributed by atoms with Gasteiger partial charge < -0.3 is 4.90 Å². The summed E-state index contributed by atoms with van der Waals surface area (Å²) >= 11 is 0. The number of rotatable bonds is 7. The molecule has 1 heterocycles. The molecule has 1 fully saturated rings. The zero-order valence-electron chi connectivity index (χ0n) is 12.8. The van der Waals surface area contributed by atoms with Crippen molar-refractivity contribution in [2.45, 2.75) is 25.0 Å². The van der Waals surface area contributed by atoms with Gasteiger partial charge in [0.2, 0.25) is 10.0 Å². The topological polar surface area (TPSA) is 64.4 Å². The van der Waals surface area contributed by atoms with Gasteiger partial charge in [0.25, 0.3) is 0 Å². The van der Waals surface area contributed by atoms with Crippen LogP contribution in [-0.2, 0) is 15.8 Å². The van der Waals surface area contributed by atoms with E-state index in [-0.39, 0.29) is 5.75 Å². The van der Waals surface area contributed by atoms with Gasteiger partial charge in [-0.1, -0.05) is 30.3 Å². The van der Waals surface area contributed by atoms with E-state index >= 15 is 0 Å². The summed E-state index contributed by atoms with van der Waals surface area (Å²) in [7, 11) is -3.23. The van der Waals surface area contributed by atoms with E-state index in [9.17, 15) is 8.42 Å². The van der Waals surface area contributed by atoms with E-state index in [1.807, 2.05) is 30.3 Å². The van der Waals surface area contributed by atoms with Gasteiger partial charge in [0, 0.05) is 32.6 Å². The van der Waals surface area contributed by atoms with Crippen LogP contribution in [0, 0.1) is 11.3 Å². The molecule has 5 nitrogen and oxygen atoms in total. The van der Waals surface area contributed by atoms with E-state index in [0.29, 0.717) is 19.5 Å². The van der Waals surface area contributed by atoms with Gasteiger partial charge >= 0.3 is 0 Å². The predicted molar refractivity (Wildman–Crippen MR) is 86.5 cm³/mol. The number of nitriles is 1. The van der Waals surface area contributed by atoms with Gasteiger partial charge in [0.15, 0.2) is 0 Å². The standard InChI is InChI=1S/C16H23N3O2S/c17-9-5-2-6-10-18-11-13-19(14-12-18)22(20,21)15-16-7-3-1-4-8-16/h1,3-4,7-8H,2,5-6,10-15H2. The Morgan fingerprint density at radius 1 is 1.05 bits per heavy atom. The minimum atomic E-state index is -3.23. The molecule has 0 radical (unpaired) electrons. The number of unbranched alkanes of at least 4 members (excludes halogenated alkanes) is 2. The lowest BCUT2D eigenvalue weighted by atomic mass is 10.2. The van der Waals surface area contributed by atoms with Crippen molar-refractivity contribution in [1.82, 2.24) is 9.21 Å². The highest BCUT2D eigenvalue weighted by Crippen LogP contribution is 2.14. The lowest BCUT2D eigenvalue weighted by Crippen LogP contribution is -2.49. The van der Waals surface area contributed by atoms with Crippen LogP contribution in [-0.4, -0.2) is 50.3 Å². The monoisotopic (exact) mass is 321 g/mol. The van der Waals surface area contributed by atoms with Crippen LogP contribution in [0.4, 0.5) is 0 Å². The van der Waals surface area contributed by atoms with Gasteiger partial charge in [-0.3, -0.25) is 0 Å². The van der Waals surface area contributed by atoms with Gasteiger partial charge in [-0.2, -0.15) is 9.57 Å². The maximum atomic E-state index is 12.4. The summed E-state index contributed by atoms with van der Waals surface area (Å²) in [4.78, 5) is 2.28. The van der Waals surface area contributed by atoms with E-state index in [1.165, 1.54) is 0 Å². The molecule has 0 saturated carbocycles. The smallest absolute Gasteiger partial charge is 0.218 e. The highest BCUT2D eigenvalue weighted by atomic mass is 32.2. The Kier molecular flexibility index (Phi) is 6.37. The summed E-state index contributed by atoms with van der Waals surface area (Å²) in [5, 5.41) is 8.51. The fourth-order valence-electron chi connectivity index (χ4n) is 2.65. The number of nitrogens with zero attached hydrogens (tertiary/aromatic N) is 3. The molecule has 1 saturated heterocycles. The van der Waals surface area contributed by atoms with Crippen molar-refractivity contribution in [3.63, 3.8) is 0 Å². The molecule has 120 valence electrons. The summed E-state index contributed by atoms with van der Waals surface area (Å²) in [5.41, 5.74) is 0.835. The molecule has 1 aliphatic rings. The van der Waals surface area contributed by atoms with E-state index in [1.54, 1.807) is 4.31 Å². The molecule has 22 heavy (non-hydrogen) atoms. The van der Waals surface area contributed by atoms with Crippen LogP contribution in [0.2, 0.25) is 0 Å². The summed E-state index contributed by atoms with van der Waals surface area (Å²) in [5.74, 6) is 0.0794. The van der Waals surface area contributed by atoms with Crippen LogP contribution in [0.25, 0.3) is 0 Å². The van der Waals surface area contributed by atoms with Crippen molar-refractivity contribution < 1.29 is 8.42 Å². The third kappa shape index (κ3) is 5.09. The Morgan fingerprint density at radius 2 is 1.73 bits per heavy atom. The van der Waals surface area contributed by atoms with Crippen molar-refractivity contribution in [1.29, 1.82) is 5.26 Å². The van der Waals surface area contributed by atoms with Gasteiger partial charge in [-0.15, -0.1) is 0 Å². The van der Waals surface area contributed by atoms with Crippen molar-refractivity contribution in [2.24, 2.45) is 0 Å². The molecular formula is C16H23N3O2S. The van der Waals surface area contributed by atoms with Crippen LogP contribution in [0.3, 0.4) is 0 Å². The molecule has 0 amide bonds. The average Bonchev–Trinajstić information content (AvgIpc) is 2.53. The molecule has 0 atom stereocenters. The normalized spacial score (nSPS) is 17.2. The van der Waals surface area contributed by atoms with Crippen molar-refractivity contribution in [2.75, 3.05) is 32.7 Å². The maximum Gasteiger partial charge on any atom is 0.218 e. The molecule has 0 spiro atoms. The molecule has 1 aromatic carbocycles. The number of hydrogen-bond acceptors (Lipinski definition) is 4. The quantitative estimate of drug-likeness (QED) is 0.719. The SMILES string of the molecule is N#CCCCCN1CCN(S(=O)(=O)Cc2ccccc2)CC1. The summed E-state index contributed by atoms with van der Waals surface area (Å²) in [6.45, 7) is 3.64. The highest BCUT2D eigenvalue weighted by molar-refractivity contribution is 7.88. The lowest BCUT2D eigenvalue weighted by Gasteiger charge is -2.34. The fraction of sp³-hybridized carbons (Fsp3) is 0.562. The van der Waals surface area contributed by atoms with Crippen molar-refractivity contribution in [3.8, 4) is 6.07 Å². The first-order valence-electron chi connectivity index (χ1n) is 7.73. The van der Waals surface area contributed by atoms with Gasteiger partial charge in [-0.25, -0.2) is 8.42 Å². The predicted octanol–water partition coefficient (Wildman–Crippen LogP) is 1.83. The molecular weight excluding hydrogens is 298 g/mol. The van der Waals surface area contributed by atoms with E-state index < -0.39 is 10.0 Å². The van der Waals surface area contributed by atoms with Crippen LogP contribution in [0.15, 0.2) is 30.3 Å². The van der Waals surface area contributed by atoms with E-state index in [4.69, 9.17) is 5.26 Å². The van der Waals surface area contributed by atoms with Crippen molar-refractivity contribution in [3.05, 3.63) is 35.9 Å². The second-order valence-electron chi connectivity index (χ2n) is 5.60. The maximum absolute atomic E-state index is 12.4. The zero-order chi connectivity index (χ0) is 15.8. The first-order valence-corrected chi connectivity index (χ1v) is 9.34. The lowest BCUT2D eigenvalue weighted by molar-refractivity contribution is 0.186. The van der Waals surface area contributed by atoms with Crippen molar-refractivity contribution >= 4 is 10.0 Å². The van der Waals surface area contributed by atoms with E-state index in [2.05, 4.69) is 11.0 Å². The second-order valence-corrected chi connectivity index (χ2v) is 7.57. The average molecular weight is 321 g/mol. The van der Waals surface area contributed by atoms with Crippen LogP contribution in [0.1, 0.15) is 24.8 Å². The summed E-state index contributed by atoms with van der Waals surface area (Å²) in [6.07, 6.45) is 2.53. The van der Waals surface area contributed by atoms with Gasteiger partial charge in [0.05, 0.1) is 11.8 Å². The second kappa shape index (κ2) is 8.28.